The standard InChI is InChI=1S/C52H58N8O7/c1-51(2,3)66-49(63)57-43(35-15-9-7-10-16-35)47(61)59-29-13-19-41(59)45-53-31-39(55-45)33-21-25-37(26-22-33)65-38-27-23-34(24-28-38)40-32-54-46(56-40)42-20-14-30-60(42)48(62)44(36-17-11-8-12-18-36)58-50(64)67-52(4,5)6/h7-12,15-18,21-28,31-32,41-44H,13-14,19-20,29-30H2,1-6H3,(H,53,55)(H,54,56)(H,57,63)(H,58,64)/t41-,42-,43+,44+/m0/s1. The van der Waals surface area contributed by atoms with Crippen molar-refractivity contribution in [3.8, 4) is 34.0 Å². The lowest BCUT2D eigenvalue weighted by Gasteiger charge is -2.29. The molecule has 67 heavy (non-hydrogen) atoms. The quantitative estimate of drug-likeness (QED) is 0.0928. The number of nitrogens with zero attached hydrogens (tertiary/aromatic N) is 4. The third kappa shape index (κ3) is 11.3. The fourth-order valence-electron chi connectivity index (χ4n) is 8.52. The van der Waals surface area contributed by atoms with Crippen LogP contribution in [0.2, 0.25) is 0 Å². The molecule has 0 unspecified atom stereocenters. The number of carbonyl (C=O) groups is 4. The summed E-state index contributed by atoms with van der Waals surface area (Å²) in [5, 5.41) is 5.62. The predicted molar refractivity (Wildman–Crippen MR) is 253 cm³/mol. The van der Waals surface area contributed by atoms with Gasteiger partial charge in [0.1, 0.15) is 46.4 Å². The number of alkyl carbamates (subject to hydrolysis) is 2. The van der Waals surface area contributed by atoms with Gasteiger partial charge >= 0.3 is 12.2 Å². The summed E-state index contributed by atoms with van der Waals surface area (Å²) in [6, 6.07) is 31.4. The molecular weight excluding hydrogens is 849 g/mol. The number of aromatic amines is 2. The Labute approximate surface area is 390 Å². The Morgan fingerprint density at radius 3 is 1.30 bits per heavy atom. The minimum Gasteiger partial charge on any atom is -0.457 e. The number of hydrogen-bond donors (Lipinski definition) is 4. The number of hydrogen-bond acceptors (Lipinski definition) is 9. The number of H-pyrrole nitrogens is 2. The Kier molecular flexibility index (Phi) is 13.5. The number of imidazole rings is 2. The molecule has 15 heteroatoms. The van der Waals surface area contributed by atoms with Gasteiger partial charge in [0.2, 0.25) is 0 Å². The van der Waals surface area contributed by atoms with Crippen LogP contribution in [0.3, 0.4) is 0 Å². The highest BCUT2D eigenvalue weighted by Gasteiger charge is 2.39. The van der Waals surface area contributed by atoms with E-state index in [0.717, 1.165) is 48.2 Å². The van der Waals surface area contributed by atoms with E-state index in [0.29, 0.717) is 47.4 Å². The number of carbonyl (C=O) groups excluding carboxylic acids is 4. The van der Waals surface area contributed by atoms with Gasteiger partial charge in [0.05, 0.1) is 35.9 Å². The maximum atomic E-state index is 14.1. The lowest BCUT2D eigenvalue weighted by atomic mass is 10.0. The fraction of sp³-hybridized carbons (Fsp3) is 0.346. The first-order chi connectivity index (χ1) is 32.1. The number of rotatable bonds is 12. The molecule has 4 atom stereocenters. The van der Waals surface area contributed by atoms with Crippen LogP contribution in [0, 0.1) is 0 Å². The van der Waals surface area contributed by atoms with Gasteiger partial charge in [-0.3, -0.25) is 9.59 Å². The van der Waals surface area contributed by atoms with Crippen LogP contribution in [0.5, 0.6) is 11.5 Å². The number of ether oxygens (including phenoxy) is 3. The van der Waals surface area contributed by atoms with Gasteiger partial charge in [0, 0.05) is 13.1 Å². The van der Waals surface area contributed by atoms with Crippen molar-refractivity contribution in [2.45, 2.75) is 103 Å². The zero-order valence-corrected chi connectivity index (χ0v) is 38.7. The molecule has 8 rings (SSSR count). The van der Waals surface area contributed by atoms with E-state index in [1.165, 1.54) is 0 Å². The Balaban J connectivity index is 0.894. The molecule has 348 valence electrons. The molecule has 2 saturated heterocycles. The highest BCUT2D eigenvalue weighted by Crippen LogP contribution is 2.37. The van der Waals surface area contributed by atoms with Crippen LogP contribution in [-0.2, 0) is 19.1 Å². The second-order valence-electron chi connectivity index (χ2n) is 18.9. The molecule has 2 aliphatic rings. The molecule has 0 bridgehead atoms. The van der Waals surface area contributed by atoms with Crippen LogP contribution < -0.4 is 15.4 Å². The van der Waals surface area contributed by atoms with E-state index < -0.39 is 35.5 Å². The van der Waals surface area contributed by atoms with E-state index >= 15 is 0 Å². The summed E-state index contributed by atoms with van der Waals surface area (Å²) in [4.78, 5) is 73.9. The van der Waals surface area contributed by atoms with Crippen molar-refractivity contribution < 1.29 is 33.4 Å². The Morgan fingerprint density at radius 2 is 0.940 bits per heavy atom. The summed E-state index contributed by atoms with van der Waals surface area (Å²) in [6.45, 7) is 11.8. The molecule has 4 amide bonds. The van der Waals surface area contributed by atoms with E-state index in [1.54, 1.807) is 63.7 Å². The smallest absolute Gasteiger partial charge is 0.408 e. The molecule has 0 spiro atoms. The predicted octanol–water partition coefficient (Wildman–Crippen LogP) is 10.1. The maximum Gasteiger partial charge on any atom is 0.408 e. The SMILES string of the molecule is CC(C)(C)OC(=O)N[C@@H](C(=O)N1CCC[C@H]1c1ncc(-c2ccc(Oc3ccc(-c4cnc([C@@H]5CCCN5C(=O)[C@H](NC(=O)OC(C)(C)C)c5ccccc5)[nH]4)cc3)cc2)[nH]1)c1ccccc1. The van der Waals surface area contributed by atoms with Gasteiger partial charge in [0.25, 0.3) is 11.8 Å². The monoisotopic (exact) mass is 906 g/mol. The zero-order chi connectivity index (χ0) is 47.3. The van der Waals surface area contributed by atoms with Crippen molar-refractivity contribution in [1.82, 2.24) is 40.4 Å². The highest BCUT2D eigenvalue weighted by molar-refractivity contribution is 5.88. The molecule has 4 N–H and O–H groups in total. The van der Waals surface area contributed by atoms with Gasteiger partial charge < -0.3 is 44.6 Å². The first-order valence-electron chi connectivity index (χ1n) is 22.8. The largest absolute Gasteiger partial charge is 0.457 e. The Hall–Kier alpha value is -7.42. The van der Waals surface area contributed by atoms with E-state index in [4.69, 9.17) is 24.2 Å². The van der Waals surface area contributed by atoms with Crippen LogP contribution >= 0.6 is 0 Å². The molecule has 6 aromatic rings. The van der Waals surface area contributed by atoms with Crippen molar-refractivity contribution in [2.24, 2.45) is 0 Å². The topological polar surface area (TPSA) is 184 Å². The van der Waals surface area contributed by atoms with Gasteiger partial charge in [0.15, 0.2) is 0 Å². The first-order valence-corrected chi connectivity index (χ1v) is 22.8. The summed E-state index contributed by atoms with van der Waals surface area (Å²) >= 11 is 0. The normalized spacial score (nSPS) is 17.1. The summed E-state index contributed by atoms with van der Waals surface area (Å²) in [7, 11) is 0. The number of likely N-dealkylation sites (tertiary alicyclic amines) is 2. The minimum absolute atomic E-state index is 0.227. The molecule has 15 nitrogen and oxygen atoms in total. The van der Waals surface area contributed by atoms with Crippen LogP contribution in [-0.4, -0.2) is 78.0 Å². The summed E-state index contributed by atoms with van der Waals surface area (Å²) in [5.41, 5.74) is 3.31. The molecule has 2 aromatic heterocycles. The van der Waals surface area contributed by atoms with Crippen molar-refractivity contribution in [1.29, 1.82) is 0 Å². The molecule has 4 aromatic carbocycles. The van der Waals surface area contributed by atoms with Gasteiger partial charge in [-0.15, -0.1) is 0 Å². The summed E-state index contributed by atoms with van der Waals surface area (Å²) in [6.07, 6.45) is 5.27. The molecule has 0 saturated carbocycles. The molecule has 4 heterocycles. The average molecular weight is 907 g/mol. The second kappa shape index (κ2) is 19.6. The van der Waals surface area contributed by atoms with Crippen LogP contribution in [0.25, 0.3) is 22.5 Å². The Bertz CT molecular complexity index is 2470. The number of nitrogens with one attached hydrogen (secondary N) is 4. The lowest BCUT2D eigenvalue weighted by Crippen LogP contribution is -2.44. The van der Waals surface area contributed by atoms with Crippen molar-refractivity contribution in [3.05, 3.63) is 144 Å². The third-order valence-electron chi connectivity index (χ3n) is 11.5. The van der Waals surface area contributed by atoms with Crippen LogP contribution in [0.15, 0.2) is 122 Å². The van der Waals surface area contributed by atoms with E-state index in [1.807, 2.05) is 109 Å². The summed E-state index contributed by atoms with van der Waals surface area (Å²) < 4.78 is 17.2. The first kappa shape index (κ1) is 46.1. The van der Waals surface area contributed by atoms with Gasteiger partial charge in [-0.2, -0.15) is 0 Å². The van der Waals surface area contributed by atoms with Gasteiger partial charge in [-0.25, -0.2) is 19.6 Å². The molecular formula is C52H58N8O7. The zero-order valence-electron chi connectivity index (χ0n) is 38.7. The number of benzene rings is 4. The minimum atomic E-state index is -0.919. The second-order valence-corrected chi connectivity index (χ2v) is 18.9. The highest BCUT2D eigenvalue weighted by atomic mass is 16.6. The van der Waals surface area contributed by atoms with Crippen LogP contribution in [0.4, 0.5) is 9.59 Å². The number of aromatic nitrogens is 4. The molecule has 2 fully saturated rings. The molecule has 0 aliphatic carbocycles. The summed E-state index contributed by atoms with van der Waals surface area (Å²) in [5.74, 6) is 2.20. The van der Waals surface area contributed by atoms with Crippen molar-refractivity contribution in [2.75, 3.05) is 13.1 Å². The van der Waals surface area contributed by atoms with E-state index in [-0.39, 0.29) is 23.9 Å². The fourth-order valence-corrected chi connectivity index (χ4v) is 8.52. The van der Waals surface area contributed by atoms with Gasteiger partial charge in [-0.1, -0.05) is 60.7 Å². The van der Waals surface area contributed by atoms with Crippen LogP contribution in [0.1, 0.15) is 114 Å². The Morgan fingerprint density at radius 1 is 0.567 bits per heavy atom. The van der Waals surface area contributed by atoms with Gasteiger partial charge in [-0.05, 0) is 138 Å². The third-order valence-corrected chi connectivity index (χ3v) is 11.5. The number of amides is 4. The molecule has 2 aliphatic heterocycles. The maximum absolute atomic E-state index is 14.1. The molecule has 0 radical (unpaired) electrons. The van der Waals surface area contributed by atoms with Crippen molar-refractivity contribution >= 4 is 24.0 Å². The van der Waals surface area contributed by atoms with E-state index in [9.17, 15) is 19.2 Å². The lowest BCUT2D eigenvalue weighted by molar-refractivity contribution is -0.135. The van der Waals surface area contributed by atoms with E-state index in [2.05, 4.69) is 20.6 Å². The van der Waals surface area contributed by atoms with Crippen molar-refractivity contribution in [3.63, 3.8) is 0 Å². The average Bonchev–Trinajstić information content (AvgIpc) is 4.15.